The molecule has 1 aliphatic heterocycles. The maximum atomic E-state index is 13.7. The van der Waals surface area contributed by atoms with Gasteiger partial charge in [-0.2, -0.15) is 4.31 Å². The molecule has 0 radical (unpaired) electrons. The van der Waals surface area contributed by atoms with Gasteiger partial charge in [-0.15, -0.1) is 0 Å². The summed E-state index contributed by atoms with van der Waals surface area (Å²) in [5.74, 6) is 0.931. The molecule has 0 aliphatic carbocycles. The SMILES string of the molecule is COc1ccc(-c2ccc3c(c2)O[C@@H](CN(C)Cc2cccnc2)[C@H](C)CN([C@H](C)CO)S3(=O)=O)cc1. The molecule has 0 amide bonds. The maximum Gasteiger partial charge on any atom is 0.247 e. The zero-order valence-corrected chi connectivity index (χ0v) is 22.6. The average molecular weight is 526 g/mol. The van der Waals surface area contributed by atoms with Crippen molar-refractivity contribution in [2.24, 2.45) is 5.92 Å². The van der Waals surface area contributed by atoms with Crippen LogP contribution in [0.5, 0.6) is 11.5 Å². The third kappa shape index (κ3) is 6.13. The first-order valence-corrected chi connectivity index (χ1v) is 13.8. The Morgan fingerprint density at radius 3 is 2.57 bits per heavy atom. The summed E-state index contributed by atoms with van der Waals surface area (Å²) in [7, 11) is -0.259. The second kappa shape index (κ2) is 11.6. The fraction of sp³-hybridized carbons (Fsp3) is 0.393. The quantitative estimate of drug-likeness (QED) is 0.480. The Bertz CT molecular complexity index is 1280. The molecular weight excluding hydrogens is 490 g/mol. The number of aromatic nitrogens is 1. The van der Waals surface area contributed by atoms with Crippen LogP contribution in [0.1, 0.15) is 19.4 Å². The molecule has 0 saturated carbocycles. The molecule has 0 unspecified atom stereocenters. The number of hydrogen-bond donors (Lipinski definition) is 1. The van der Waals surface area contributed by atoms with Crippen LogP contribution >= 0.6 is 0 Å². The van der Waals surface area contributed by atoms with Crippen LogP contribution in [0.3, 0.4) is 0 Å². The lowest BCUT2D eigenvalue weighted by Gasteiger charge is -2.37. The summed E-state index contributed by atoms with van der Waals surface area (Å²) < 4.78 is 40.6. The van der Waals surface area contributed by atoms with Crippen molar-refractivity contribution >= 4 is 10.0 Å². The number of sulfonamides is 1. The van der Waals surface area contributed by atoms with E-state index in [0.29, 0.717) is 18.8 Å². The van der Waals surface area contributed by atoms with E-state index in [1.54, 1.807) is 38.4 Å². The van der Waals surface area contributed by atoms with Crippen molar-refractivity contribution in [3.8, 4) is 22.6 Å². The van der Waals surface area contributed by atoms with Crippen molar-refractivity contribution in [3.63, 3.8) is 0 Å². The van der Waals surface area contributed by atoms with Crippen LogP contribution in [0.15, 0.2) is 71.9 Å². The fourth-order valence-corrected chi connectivity index (χ4v) is 6.41. The molecule has 0 saturated heterocycles. The topological polar surface area (TPSA) is 92.2 Å². The summed E-state index contributed by atoms with van der Waals surface area (Å²) in [5.41, 5.74) is 2.85. The Morgan fingerprint density at radius 2 is 1.92 bits per heavy atom. The van der Waals surface area contributed by atoms with Gasteiger partial charge in [-0.25, -0.2) is 8.42 Å². The predicted molar refractivity (Wildman–Crippen MR) is 143 cm³/mol. The van der Waals surface area contributed by atoms with E-state index < -0.39 is 16.1 Å². The Balaban J connectivity index is 1.71. The number of fused-ring (bicyclic) bond motifs is 1. The van der Waals surface area contributed by atoms with Gasteiger partial charge >= 0.3 is 0 Å². The number of aliphatic hydroxyl groups excluding tert-OH is 1. The standard InChI is InChI=1S/C28H35N3O5S/c1-20-16-31(21(2)19-32)37(33,34)28-12-9-24(23-7-10-25(35-4)11-8-23)14-26(28)36-27(20)18-30(3)17-22-6-5-13-29-15-22/h5-15,20-21,27,32H,16-19H2,1-4H3/t20-,21-,27+/m1/s1. The van der Waals surface area contributed by atoms with E-state index in [4.69, 9.17) is 9.47 Å². The smallest absolute Gasteiger partial charge is 0.247 e. The van der Waals surface area contributed by atoms with E-state index >= 15 is 0 Å². The van der Waals surface area contributed by atoms with E-state index in [1.807, 2.05) is 56.6 Å². The highest BCUT2D eigenvalue weighted by Gasteiger charge is 2.38. The van der Waals surface area contributed by atoms with Crippen LogP contribution in [0.4, 0.5) is 0 Å². The van der Waals surface area contributed by atoms with Crippen LogP contribution < -0.4 is 9.47 Å². The molecule has 9 heteroatoms. The van der Waals surface area contributed by atoms with Crippen molar-refractivity contribution in [1.82, 2.24) is 14.2 Å². The number of benzene rings is 2. The minimum Gasteiger partial charge on any atom is -0.497 e. The van der Waals surface area contributed by atoms with E-state index in [0.717, 1.165) is 22.4 Å². The first kappa shape index (κ1) is 27.1. The van der Waals surface area contributed by atoms with Gasteiger partial charge in [0.25, 0.3) is 0 Å². The summed E-state index contributed by atoms with van der Waals surface area (Å²) in [5, 5.41) is 9.86. The molecule has 3 atom stereocenters. The van der Waals surface area contributed by atoms with Crippen molar-refractivity contribution in [2.45, 2.75) is 37.4 Å². The normalized spacial score (nSPS) is 20.4. The van der Waals surface area contributed by atoms with Gasteiger partial charge in [0.2, 0.25) is 10.0 Å². The minimum atomic E-state index is -3.89. The third-order valence-electron chi connectivity index (χ3n) is 6.76. The van der Waals surface area contributed by atoms with Gasteiger partial charge in [0.05, 0.1) is 13.7 Å². The van der Waals surface area contributed by atoms with Crippen LogP contribution in [0.25, 0.3) is 11.1 Å². The molecule has 198 valence electrons. The first-order chi connectivity index (χ1) is 17.7. The summed E-state index contributed by atoms with van der Waals surface area (Å²) in [6.07, 6.45) is 3.31. The molecule has 4 rings (SSSR count). The van der Waals surface area contributed by atoms with Crippen molar-refractivity contribution in [3.05, 3.63) is 72.6 Å². The number of methoxy groups -OCH3 is 1. The number of nitrogens with zero attached hydrogens (tertiary/aromatic N) is 3. The highest BCUT2D eigenvalue weighted by molar-refractivity contribution is 7.89. The molecule has 3 aromatic rings. The van der Waals surface area contributed by atoms with Gasteiger partial charge in [0, 0.05) is 44.0 Å². The molecule has 1 N–H and O–H groups in total. The molecule has 1 aliphatic rings. The van der Waals surface area contributed by atoms with Crippen LogP contribution in [-0.2, 0) is 16.6 Å². The molecule has 2 aromatic carbocycles. The van der Waals surface area contributed by atoms with Crippen LogP contribution in [0, 0.1) is 5.92 Å². The maximum absolute atomic E-state index is 13.7. The lowest BCUT2D eigenvalue weighted by Crippen LogP contribution is -2.49. The third-order valence-corrected chi connectivity index (χ3v) is 8.78. The zero-order chi connectivity index (χ0) is 26.6. The minimum absolute atomic E-state index is 0.108. The van der Waals surface area contributed by atoms with E-state index in [1.165, 1.54) is 4.31 Å². The second-order valence-corrected chi connectivity index (χ2v) is 11.5. The zero-order valence-electron chi connectivity index (χ0n) is 21.7. The second-order valence-electron chi connectivity index (χ2n) is 9.69. The van der Waals surface area contributed by atoms with E-state index in [2.05, 4.69) is 9.88 Å². The van der Waals surface area contributed by atoms with Crippen molar-refractivity contribution in [2.75, 3.05) is 33.9 Å². The average Bonchev–Trinajstić information content (AvgIpc) is 2.90. The highest BCUT2D eigenvalue weighted by atomic mass is 32.2. The van der Waals surface area contributed by atoms with Gasteiger partial charge < -0.3 is 14.6 Å². The fourth-order valence-electron chi connectivity index (χ4n) is 4.58. The Hall–Kier alpha value is -2.98. The summed E-state index contributed by atoms with van der Waals surface area (Å²) in [6.45, 7) is 4.97. The molecule has 2 heterocycles. The Kier molecular flexibility index (Phi) is 8.49. The van der Waals surface area contributed by atoms with Crippen molar-refractivity contribution < 1.29 is 23.0 Å². The molecule has 0 bridgehead atoms. The Morgan fingerprint density at radius 1 is 1.19 bits per heavy atom. The first-order valence-electron chi connectivity index (χ1n) is 12.4. The summed E-state index contributed by atoms with van der Waals surface area (Å²) in [4.78, 5) is 6.46. The highest BCUT2D eigenvalue weighted by Crippen LogP contribution is 2.37. The molecule has 0 fully saturated rings. The number of likely N-dealkylation sites (N-methyl/N-ethyl adjacent to an activating group) is 1. The molecule has 0 spiro atoms. The van der Waals surface area contributed by atoms with E-state index in [-0.39, 0.29) is 30.1 Å². The monoisotopic (exact) mass is 525 g/mol. The number of aliphatic hydroxyl groups is 1. The van der Waals surface area contributed by atoms with Crippen LogP contribution in [-0.4, -0.2) is 73.7 Å². The van der Waals surface area contributed by atoms with Gasteiger partial charge in [-0.3, -0.25) is 9.88 Å². The van der Waals surface area contributed by atoms with Crippen LogP contribution in [0.2, 0.25) is 0 Å². The lowest BCUT2D eigenvalue weighted by molar-refractivity contribution is 0.0734. The summed E-state index contributed by atoms with van der Waals surface area (Å²) in [6, 6.07) is 16.2. The Labute approximate surface area is 219 Å². The summed E-state index contributed by atoms with van der Waals surface area (Å²) >= 11 is 0. The molecular formula is C28H35N3O5S. The van der Waals surface area contributed by atoms with Gasteiger partial charge in [-0.1, -0.05) is 31.2 Å². The molecule has 1 aromatic heterocycles. The largest absolute Gasteiger partial charge is 0.497 e. The van der Waals surface area contributed by atoms with Crippen molar-refractivity contribution in [1.29, 1.82) is 0 Å². The number of pyridine rings is 1. The predicted octanol–water partition coefficient (Wildman–Crippen LogP) is 3.66. The number of hydrogen-bond acceptors (Lipinski definition) is 7. The van der Waals surface area contributed by atoms with Gasteiger partial charge in [0.1, 0.15) is 22.5 Å². The lowest BCUT2D eigenvalue weighted by atomic mass is 10.0. The van der Waals surface area contributed by atoms with Gasteiger partial charge in [0.15, 0.2) is 0 Å². The number of ether oxygens (including phenoxy) is 2. The van der Waals surface area contributed by atoms with Gasteiger partial charge in [-0.05, 0) is 61.0 Å². The van der Waals surface area contributed by atoms with E-state index in [9.17, 15) is 13.5 Å². The molecule has 8 nitrogen and oxygen atoms in total. The number of rotatable bonds is 8. The molecule has 37 heavy (non-hydrogen) atoms.